The lowest BCUT2D eigenvalue weighted by Gasteiger charge is -2.08. The van der Waals surface area contributed by atoms with Crippen LogP contribution >= 0.6 is 0 Å². The topological polar surface area (TPSA) is 104 Å². The maximum Gasteiger partial charge on any atom is 0.360 e. The van der Waals surface area contributed by atoms with Gasteiger partial charge in [0.1, 0.15) is 5.69 Å². The van der Waals surface area contributed by atoms with Crippen LogP contribution in [-0.2, 0) is 4.74 Å². The standard InChI is InChI=1S/C10H14N4O2/c1-4-5(2)6-8(11)14-9(12)7(13-6)10(15)16-3/h4H,1-3H3,(H4,11,12,14)/b5-4-. The highest BCUT2D eigenvalue weighted by Gasteiger charge is 2.17. The highest BCUT2D eigenvalue weighted by atomic mass is 16.5. The predicted octanol–water partition coefficient (Wildman–Crippen LogP) is 0.851. The fourth-order valence-corrected chi connectivity index (χ4v) is 1.14. The van der Waals surface area contributed by atoms with Crippen LogP contribution in [0.2, 0.25) is 0 Å². The summed E-state index contributed by atoms with van der Waals surface area (Å²) in [6.45, 7) is 3.66. The molecule has 86 valence electrons. The Morgan fingerprint density at radius 1 is 1.25 bits per heavy atom. The molecule has 0 spiro atoms. The SMILES string of the molecule is C/C=C(/C)c1nc(C(=O)OC)c(N)nc1N. The van der Waals surface area contributed by atoms with Crippen LogP contribution in [0.1, 0.15) is 30.0 Å². The Balaban J connectivity index is 3.38. The average Bonchev–Trinajstić information content (AvgIpc) is 2.27. The van der Waals surface area contributed by atoms with Crippen molar-refractivity contribution in [1.29, 1.82) is 0 Å². The van der Waals surface area contributed by atoms with Gasteiger partial charge in [-0.3, -0.25) is 0 Å². The van der Waals surface area contributed by atoms with Crippen LogP contribution in [0.3, 0.4) is 0 Å². The summed E-state index contributed by atoms with van der Waals surface area (Å²) in [4.78, 5) is 19.3. The smallest absolute Gasteiger partial charge is 0.360 e. The van der Waals surface area contributed by atoms with E-state index in [2.05, 4.69) is 14.7 Å². The molecular formula is C10H14N4O2. The molecule has 0 saturated carbocycles. The number of nitrogen functional groups attached to an aromatic ring is 2. The number of hydrogen-bond acceptors (Lipinski definition) is 6. The first-order chi connectivity index (χ1) is 7.51. The zero-order valence-corrected chi connectivity index (χ0v) is 9.44. The van der Waals surface area contributed by atoms with Crippen molar-refractivity contribution in [2.45, 2.75) is 13.8 Å². The monoisotopic (exact) mass is 222 g/mol. The second-order valence-electron chi connectivity index (χ2n) is 3.15. The van der Waals surface area contributed by atoms with Crippen LogP contribution < -0.4 is 11.5 Å². The Kier molecular flexibility index (Phi) is 3.44. The number of allylic oxidation sites excluding steroid dienone is 2. The third-order valence-corrected chi connectivity index (χ3v) is 2.14. The predicted molar refractivity (Wildman–Crippen MR) is 61.5 cm³/mol. The van der Waals surface area contributed by atoms with Gasteiger partial charge in [-0.25, -0.2) is 14.8 Å². The van der Waals surface area contributed by atoms with Crippen molar-refractivity contribution in [1.82, 2.24) is 9.97 Å². The molecule has 0 aromatic carbocycles. The molecule has 0 aliphatic heterocycles. The number of methoxy groups -OCH3 is 1. The summed E-state index contributed by atoms with van der Waals surface area (Å²) in [5, 5.41) is 0. The van der Waals surface area contributed by atoms with Gasteiger partial charge in [-0.05, 0) is 19.4 Å². The van der Waals surface area contributed by atoms with Gasteiger partial charge in [0.25, 0.3) is 0 Å². The van der Waals surface area contributed by atoms with E-state index in [0.717, 1.165) is 5.57 Å². The third kappa shape index (κ3) is 2.10. The third-order valence-electron chi connectivity index (χ3n) is 2.14. The zero-order chi connectivity index (χ0) is 12.3. The first-order valence-corrected chi connectivity index (χ1v) is 4.65. The number of nitrogens with two attached hydrogens (primary N) is 2. The molecule has 0 saturated heterocycles. The van der Waals surface area contributed by atoms with Crippen molar-refractivity contribution in [2.24, 2.45) is 0 Å². The highest BCUT2D eigenvalue weighted by Crippen LogP contribution is 2.20. The highest BCUT2D eigenvalue weighted by molar-refractivity contribution is 5.92. The summed E-state index contributed by atoms with van der Waals surface area (Å²) < 4.78 is 4.54. The molecule has 0 unspecified atom stereocenters. The molecule has 1 rings (SSSR count). The van der Waals surface area contributed by atoms with Crippen molar-refractivity contribution >= 4 is 23.2 Å². The Morgan fingerprint density at radius 3 is 2.31 bits per heavy atom. The Bertz CT molecular complexity index is 454. The summed E-state index contributed by atoms with van der Waals surface area (Å²) in [6, 6.07) is 0. The molecule has 0 aliphatic carbocycles. The number of aromatic nitrogens is 2. The number of hydrogen-bond donors (Lipinski definition) is 2. The summed E-state index contributed by atoms with van der Waals surface area (Å²) in [5.74, 6) is -0.465. The molecule has 0 amide bonds. The van der Waals surface area contributed by atoms with E-state index in [4.69, 9.17) is 11.5 Å². The molecule has 0 radical (unpaired) electrons. The molecule has 16 heavy (non-hydrogen) atoms. The number of carbonyl (C=O) groups is 1. The Labute approximate surface area is 93.3 Å². The fourth-order valence-electron chi connectivity index (χ4n) is 1.14. The van der Waals surface area contributed by atoms with Crippen molar-refractivity contribution in [2.75, 3.05) is 18.6 Å². The van der Waals surface area contributed by atoms with Gasteiger partial charge in [-0.2, -0.15) is 0 Å². The van der Waals surface area contributed by atoms with Gasteiger partial charge in [0.15, 0.2) is 17.3 Å². The van der Waals surface area contributed by atoms with Crippen LogP contribution in [0.5, 0.6) is 0 Å². The maximum atomic E-state index is 11.3. The minimum Gasteiger partial charge on any atom is -0.464 e. The fraction of sp³-hybridized carbons (Fsp3) is 0.300. The number of carbonyl (C=O) groups excluding carboxylic acids is 1. The molecule has 0 bridgehead atoms. The number of ether oxygens (including phenoxy) is 1. The van der Waals surface area contributed by atoms with Crippen LogP contribution in [0.25, 0.3) is 5.57 Å². The lowest BCUT2D eigenvalue weighted by Crippen LogP contribution is -2.13. The van der Waals surface area contributed by atoms with Crippen molar-refractivity contribution < 1.29 is 9.53 Å². The zero-order valence-electron chi connectivity index (χ0n) is 9.44. The van der Waals surface area contributed by atoms with Crippen LogP contribution in [0, 0.1) is 0 Å². The summed E-state index contributed by atoms with van der Waals surface area (Å²) in [6.07, 6.45) is 1.82. The van der Waals surface area contributed by atoms with Crippen LogP contribution in [-0.4, -0.2) is 23.0 Å². The van der Waals surface area contributed by atoms with Gasteiger partial charge in [0.05, 0.1) is 7.11 Å². The largest absolute Gasteiger partial charge is 0.464 e. The summed E-state index contributed by atoms with van der Waals surface area (Å²) >= 11 is 0. The van der Waals surface area contributed by atoms with E-state index in [1.807, 2.05) is 19.9 Å². The van der Waals surface area contributed by atoms with E-state index < -0.39 is 5.97 Å². The van der Waals surface area contributed by atoms with E-state index >= 15 is 0 Å². The Hall–Kier alpha value is -2.11. The minimum absolute atomic E-state index is 0.0205. The molecule has 1 aromatic rings. The normalized spacial score (nSPS) is 11.3. The van der Waals surface area contributed by atoms with Gasteiger partial charge in [0.2, 0.25) is 0 Å². The molecule has 1 aromatic heterocycles. The van der Waals surface area contributed by atoms with Crippen molar-refractivity contribution in [3.8, 4) is 0 Å². The first-order valence-electron chi connectivity index (χ1n) is 4.65. The maximum absolute atomic E-state index is 11.3. The summed E-state index contributed by atoms with van der Waals surface area (Å²) in [5.41, 5.74) is 12.4. The molecule has 0 fully saturated rings. The van der Waals surface area contributed by atoms with E-state index in [1.165, 1.54) is 7.11 Å². The average molecular weight is 222 g/mol. The molecule has 6 heteroatoms. The number of nitrogens with zero attached hydrogens (tertiary/aromatic N) is 2. The van der Waals surface area contributed by atoms with Gasteiger partial charge < -0.3 is 16.2 Å². The first kappa shape index (κ1) is 12.0. The quantitative estimate of drug-likeness (QED) is 0.719. The lowest BCUT2D eigenvalue weighted by atomic mass is 10.2. The van der Waals surface area contributed by atoms with E-state index in [0.29, 0.717) is 5.69 Å². The second kappa shape index (κ2) is 4.61. The number of anilines is 2. The van der Waals surface area contributed by atoms with Gasteiger partial charge in [-0.1, -0.05) is 6.08 Å². The number of rotatable bonds is 2. The molecular weight excluding hydrogens is 208 g/mol. The van der Waals surface area contributed by atoms with Crippen molar-refractivity contribution in [3.05, 3.63) is 17.5 Å². The van der Waals surface area contributed by atoms with E-state index in [9.17, 15) is 4.79 Å². The van der Waals surface area contributed by atoms with E-state index in [1.54, 1.807) is 0 Å². The molecule has 4 N–H and O–H groups in total. The molecule has 0 atom stereocenters. The minimum atomic E-state index is -0.629. The Morgan fingerprint density at radius 2 is 1.81 bits per heavy atom. The molecule has 6 nitrogen and oxygen atoms in total. The second-order valence-corrected chi connectivity index (χ2v) is 3.15. The lowest BCUT2D eigenvalue weighted by molar-refractivity contribution is 0.0595. The number of esters is 1. The van der Waals surface area contributed by atoms with Crippen LogP contribution in [0.15, 0.2) is 6.08 Å². The van der Waals surface area contributed by atoms with Gasteiger partial charge in [-0.15, -0.1) is 0 Å². The molecule has 0 aliphatic rings. The van der Waals surface area contributed by atoms with Gasteiger partial charge >= 0.3 is 5.97 Å². The summed E-state index contributed by atoms with van der Waals surface area (Å²) in [7, 11) is 1.25. The van der Waals surface area contributed by atoms with Crippen LogP contribution in [0.4, 0.5) is 11.6 Å². The van der Waals surface area contributed by atoms with Gasteiger partial charge in [0, 0.05) is 0 Å². The van der Waals surface area contributed by atoms with E-state index in [-0.39, 0.29) is 17.3 Å². The molecule has 1 heterocycles. The van der Waals surface area contributed by atoms with Crippen molar-refractivity contribution in [3.63, 3.8) is 0 Å².